The van der Waals surface area contributed by atoms with Gasteiger partial charge in [-0.3, -0.25) is 14.4 Å². The van der Waals surface area contributed by atoms with Crippen molar-refractivity contribution in [1.29, 1.82) is 0 Å². The molecule has 1 unspecified atom stereocenters. The van der Waals surface area contributed by atoms with Crippen molar-refractivity contribution < 1.29 is 28.6 Å². The molecule has 0 saturated carbocycles. The van der Waals surface area contributed by atoms with E-state index < -0.39 is 6.10 Å². The highest BCUT2D eigenvalue weighted by Gasteiger charge is 2.19. The molecule has 0 rings (SSSR count). The first-order valence-corrected chi connectivity index (χ1v) is 25.3. The van der Waals surface area contributed by atoms with Crippen LogP contribution in [0, 0.1) is 0 Å². The van der Waals surface area contributed by atoms with Crippen LogP contribution in [-0.4, -0.2) is 37.2 Å². The van der Waals surface area contributed by atoms with Gasteiger partial charge in [-0.1, -0.05) is 191 Å². The Morgan fingerprint density at radius 1 is 0.333 bits per heavy atom. The van der Waals surface area contributed by atoms with E-state index in [4.69, 9.17) is 14.2 Å². The van der Waals surface area contributed by atoms with Crippen molar-refractivity contribution in [3.05, 3.63) is 60.8 Å². The molecule has 0 bridgehead atoms. The molecule has 6 nitrogen and oxygen atoms in total. The molecule has 0 saturated heterocycles. The first kappa shape index (κ1) is 57.1. The minimum atomic E-state index is -0.807. The smallest absolute Gasteiger partial charge is 0.306 e. The molecule has 0 aliphatic rings. The average molecular weight is 839 g/mol. The summed E-state index contributed by atoms with van der Waals surface area (Å²) in [6.07, 6.45) is 59.4. The van der Waals surface area contributed by atoms with E-state index in [0.29, 0.717) is 25.7 Å². The van der Waals surface area contributed by atoms with Crippen molar-refractivity contribution >= 4 is 17.9 Å². The summed E-state index contributed by atoms with van der Waals surface area (Å²) < 4.78 is 16.7. The molecule has 0 aliphatic carbocycles. The van der Waals surface area contributed by atoms with Gasteiger partial charge in [0.25, 0.3) is 0 Å². The number of carbonyl (C=O) groups excluding carboxylic acids is 3. The lowest BCUT2D eigenvalue weighted by Gasteiger charge is -2.18. The van der Waals surface area contributed by atoms with Crippen LogP contribution in [0.15, 0.2) is 60.8 Å². The Balaban J connectivity index is 4.44. The fourth-order valence-electron chi connectivity index (χ4n) is 6.87. The van der Waals surface area contributed by atoms with E-state index in [2.05, 4.69) is 81.5 Å². The van der Waals surface area contributed by atoms with E-state index in [1.165, 1.54) is 128 Å². The second-order valence-corrected chi connectivity index (χ2v) is 16.7. The summed E-state index contributed by atoms with van der Waals surface area (Å²) in [4.78, 5) is 37.8. The molecule has 346 valence electrons. The Kier molecular flexibility index (Phi) is 46.4. The first-order chi connectivity index (χ1) is 29.5. The molecule has 0 aromatic carbocycles. The minimum Gasteiger partial charge on any atom is -0.462 e. The van der Waals surface area contributed by atoms with Crippen LogP contribution in [0.2, 0.25) is 0 Å². The Morgan fingerprint density at radius 3 is 1.02 bits per heavy atom. The number of ether oxygens (including phenoxy) is 3. The molecule has 0 radical (unpaired) electrons. The maximum atomic E-state index is 12.8. The van der Waals surface area contributed by atoms with E-state index >= 15 is 0 Å². The maximum absolute atomic E-state index is 12.8. The highest BCUT2D eigenvalue weighted by molar-refractivity contribution is 5.71. The van der Waals surface area contributed by atoms with Crippen molar-refractivity contribution in [3.8, 4) is 0 Å². The number of allylic oxidation sites excluding steroid dienone is 10. The zero-order valence-corrected chi connectivity index (χ0v) is 39.5. The highest BCUT2D eigenvalue weighted by Crippen LogP contribution is 2.13. The molecule has 0 aliphatic heterocycles. The van der Waals surface area contributed by atoms with Gasteiger partial charge in [-0.25, -0.2) is 0 Å². The molecule has 0 N–H and O–H groups in total. The van der Waals surface area contributed by atoms with E-state index in [-0.39, 0.29) is 37.5 Å². The molecule has 6 heteroatoms. The summed E-state index contributed by atoms with van der Waals surface area (Å²) in [6.45, 7) is 6.52. The monoisotopic (exact) mass is 839 g/mol. The molecule has 60 heavy (non-hydrogen) atoms. The van der Waals surface area contributed by atoms with Gasteiger partial charge in [-0.2, -0.15) is 0 Å². The average Bonchev–Trinajstić information content (AvgIpc) is 3.24. The lowest BCUT2D eigenvalue weighted by atomic mass is 10.1. The van der Waals surface area contributed by atoms with E-state index in [0.717, 1.165) is 64.2 Å². The van der Waals surface area contributed by atoms with Crippen LogP contribution in [0.1, 0.15) is 245 Å². The number of esters is 3. The maximum Gasteiger partial charge on any atom is 0.306 e. The number of hydrogen-bond donors (Lipinski definition) is 0. The molecule has 0 aromatic heterocycles. The van der Waals surface area contributed by atoms with Crippen LogP contribution < -0.4 is 0 Å². The molecule has 0 spiro atoms. The normalized spacial score (nSPS) is 12.5. The number of carbonyl (C=O) groups is 3. The summed E-state index contributed by atoms with van der Waals surface area (Å²) in [5, 5.41) is 0. The summed E-state index contributed by atoms with van der Waals surface area (Å²) in [5.41, 5.74) is 0. The SMILES string of the molecule is CCCCCC/C=C\CCCC(=O)OCC(COC(=O)CCC/C=C\C/C=C\C/C=C\CCCCCCCC)OC(=O)CCCCCCC/C=C\CCCCCCCCC. The minimum absolute atomic E-state index is 0.108. The highest BCUT2D eigenvalue weighted by atomic mass is 16.6. The number of hydrogen-bond acceptors (Lipinski definition) is 6. The second-order valence-electron chi connectivity index (χ2n) is 16.7. The van der Waals surface area contributed by atoms with Crippen LogP contribution >= 0.6 is 0 Å². The van der Waals surface area contributed by atoms with Gasteiger partial charge >= 0.3 is 17.9 Å². The Morgan fingerprint density at radius 2 is 0.617 bits per heavy atom. The van der Waals surface area contributed by atoms with Crippen molar-refractivity contribution in [2.75, 3.05) is 13.2 Å². The predicted molar refractivity (Wildman–Crippen MR) is 256 cm³/mol. The Bertz CT molecular complexity index is 1100. The molecule has 0 aromatic rings. The number of unbranched alkanes of at least 4 members (excludes halogenated alkanes) is 24. The van der Waals surface area contributed by atoms with Crippen molar-refractivity contribution in [3.63, 3.8) is 0 Å². The van der Waals surface area contributed by atoms with E-state index in [1.807, 2.05) is 0 Å². The van der Waals surface area contributed by atoms with Crippen LogP contribution in [0.25, 0.3) is 0 Å². The molecule has 0 amide bonds. The van der Waals surface area contributed by atoms with E-state index in [9.17, 15) is 14.4 Å². The van der Waals surface area contributed by atoms with Gasteiger partial charge in [0.2, 0.25) is 0 Å². The second kappa shape index (κ2) is 48.8. The van der Waals surface area contributed by atoms with Gasteiger partial charge in [-0.05, 0) is 96.3 Å². The Labute approximate surface area is 370 Å². The summed E-state index contributed by atoms with van der Waals surface area (Å²) in [7, 11) is 0. The summed E-state index contributed by atoms with van der Waals surface area (Å²) >= 11 is 0. The van der Waals surface area contributed by atoms with Gasteiger partial charge in [0.1, 0.15) is 13.2 Å². The fraction of sp³-hybridized carbons (Fsp3) is 0.759. The largest absolute Gasteiger partial charge is 0.462 e. The zero-order chi connectivity index (χ0) is 43.7. The fourth-order valence-corrected chi connectivity index (χ4v) is 6.87. The predicted octanol–water partition coefficient (Wildman–Crippen LogP) is 16.5. The summed E-state index contributed by atoms with van der Waals surface area (Å²) in [6, 6.07) is 0. The lowest BCUT2D eigenvalue weighted by molar-refractivity contribution is -0.167. The van der Waals surface area contributed by atoms with Crippen LogP contribution in [0.5, 0.6) is 0 Å². The van der Waals surface area contributed by atoms with Crippen LogP contribution in [0.4, 0.5) is 0 Å². The van der Waals surface area contributed by atoms with Gasteiger partial charge in [-0.15, -0.1) is 0 Å². The van der Waals surface area contributed by atoms with E-state index in [1.54, 1.807) is 0 Å². The molecular formula is C54H94O6. The molecular weight excluding hydrogens is 745 g/mol. The lowest BCUT2D eigenvalue weighted by Crippen LogP contribution is -2.30. The molecule has 0 fully saturated rings. The van der Waals surface area contributed by atoms with Gasteiger partial charge in [0.15, 0.2) is 6.10 Å². The quantitative estimate of drug-likeness (QED) is 0.0263. The van der Waals surface area contributed by atoms with Gasteiger partial charge < -0.3 is 14.2 Å². The molecule has 0 heterocycles. The zero-order valence-electron chi connectivity index (χ0n) is 39.5. The summed E-state index contributed by atoms with van der Waals surface area (Å²) in [5.74, 6) is -1.00. The third kappa shape index (κ3) is 46.2. The standard InChI is InChI=1S/C54H94O6/c1-4-7-10-13-16-19-21-23-25-27-29-30-32-35-38-41-44-47-53(56)59-50-51(49-58-52(55)46-43-40-37-34-18-15-12-9-6-3)60-54(57)48-45-42-39-36-33-31-28-26-24-22-20-17-14-11-8-5-2/h23,25-26,28-30,34-35,37-38,51H,4-22,24,27,31-33,36,39-50H2,1-3H3/b25-23-,28-26-,30-29-,37-34-,38-35-. The number of rotatable bonds is 45. The van der Waals surface area contributed by atoms with Crippen LogP contribution in [0.3, 0.4) is 0 Å². The van der Waals surface area contributed by atoms with Crippen molar-refractivity contribution in [2.45, 2.75) is 252 Å². The van der Waals surface area contributed by atoms with Crippen LogP contribution in [-0.2, 0) is 28.6 Å². The first-order valence-electron chi connectivity index (χ1n) is 25.3. The topological polar surface area (TPSA) is 78.9 Å². The van der Waals surface area contributed by atoms with Crippen molar-refractivity contribution in [1.82, 2.24) is 0 Å². The van der Waals surface area contributed by atoms with Gasteiger partial charge in [0.05, 0.1) is 0 Å². The van der Waals surface area contributed by atoms with Crippen molar-refractivity contribution in [2.24, 2.45) is 0 Å². The Hall–Kier alpha value is -2.89. The third-order valence-corrected chi connectivity index (χ3v) is 10.7. The molecule has 1 atom stereocenters. The van der Waals surface area contributed by atoms with Gasteiger partial charge in [0, 0.05) is 19.3 Å². The third-order valence-electron chi connectivity index (χ3n) is 10.7.